The van der Waals surface area contributed by atoms with E-state index in [0.717, 1.165) is 25.9 Å². The fourth-order valence-electron chi connectivity index (χ4n) is 2.55. The second-order valence-corrected chi connectivity index (χ2v) is 4.72. The molecule has 1 aromatic heterocycles. The van der Waals surface area contributed by atoms with Crippen molar-refractivity contribution in [2.45, 2.75) is 39.7 Å². The Morgan fingerprint density at radius 3 is 2.61 bits per heavy atom. The van der Waals surface area contributed by atoms with Gasteiger partial charge in [-0.15, -0.1) is 0 Å². The summed E-state index contributed by atoms with van der Waals surface area (Å²) in [6.45, 7) is 8.26. The molecule has 0 aromatic carbocycles. The first-order chi connectivity index (χ1) is 8.63. The van der Waals surface area contributed by atoms with Crippen molar-refractivity contribution in [2.75, 3.05) is 19.6 Å². The Bertz CT molecular complexity index is 422. The van der Waals surface area contributed by atoms with Gasteiger partial charge in [0, 0.05) is 19.5 Å². The zero-order chi connectivity index (χ0) is 13.1. The lowest BCUT2D eigenvalue weighted by atomic mass is 10.0. The molecule has 0 unspecified atom stereocenters. The number of hydrogen-bond donors (Lipinski definition) is 1. The highest BCUT2D eigenvalue weighted by molar-refractivity contribution is 5.92. The van der Waals surface area contributed by atoms with E-state index in [9.17, 15) is 4.79 Å². The smallest absolute Gasteiger partial charge is 0.291 e. The first kappa shape index (κ1) is 13.1. The van der Waals surface area contributed by atoms with Gasteiger partial charge in [-0.25, -0.2) is 4.98 Å². The highest BCUT2D eigenvalue weighted by atomic mass is 16.4. The van der Waals surface area contributed by atoms with Crippen molar-refractivity contribution in [1.29, 1.82) is 0 Å². The molecule has 0 atom stereocenters. The van der Waals surface area contributed by atoms with Crippen LogP contribution in [0.25, 0.3) is 0 Å². The van der Waals surface area contributed by atoms with E-state index < -0.39 is 0 Å². The van der Waals surface area contributed by atoms with Crippen LogP contribution in [0.4, 0.5) is 0 Å². The van der Waals surface area contributed by atoms with Crippen LogP contribution in [0.3, 0.4) is 0 Å². The minimum Gasteiger partial charge on any atom is -0.436 e. The van der Waals surface area contributed by atoms with Crippen LogP contribution >= 0.6 is 0 Å². The summed E-state index contributed by atoms with van der Waals surface area (Å²) in [7, 11) is 0. The van der Waals surface area contributed by atoms with Gasteiger partial charge in [0.25, 0.3) is 5.91 Å². The minimum absolute atomic E-state index is 0.0255. The minimum atomic E-state index is -0.0255. The van der Waals surface area contributed by atoms with Gasteiger partial charge in [0.1, 0.15) is 0 Å². The fraction of sp³-hybridized carbons (Fsp3) is 0.692. The number of carbonyl (C=O) groups is 1. The Labute approximate surface area is 108 Å². The summed E-state index contributed by atoms with van der Waals surface area (Å²) in [6, 6.07) is 0.313. The molecule has 1 saturated heterocycles. The number of hydrogen-bond acceptors (Lipinski definition) is 4. The van der Waals surface area contributed by atoms with Crippen molar-refractivity contribution >= 4 is 5.91 Å². The second kappa shape index (κ2) is 5.52. The molecule has 0 saturated carbocycles. The molecule has 1 fully saturated rings. The molecular formula is C13H21N3O2. The monoisotopic (exact) mass is 251 g/mol. The topological polar surface area (TPSA) is 58.4 Å². The average molecular weight is 251 g/mol. The predicted molar refractivity (Wildman–Crippen MR) is 68.6 cm³/mol. The third-order valence-corrected chi connectivity index (χ3v) is 3.45. The van der Waals surface area contributed by atoms with Crippen molar-refractivity contribution in [1.82, 2.24) is 15.2 Å². The van der Waals surface area contributed by atoms with E-state index in [-0.39, 0.29) is 5.91 Å². The molecule has 100 valence electrons. The van der Waals surface area contributed by atoms with E-state index in [1.54, 1.807) is 6.92 Å². The predicted octanol–water partition coefficient (Wildman–Crippen LogP) is 1.51. The van der Waals surface area contributed by atoms with Crippen molar-refractivity contribution < 1.29 is 9.21 Å². The van der Waals surface area contributed by atoms with Crippen molar-refractivity contribution in [2.24, 2.45) is 0 Å². The summed E-state index contributed by atoms with van der Waals surface area (Å²) in [5, 5.41) is 3.31. The van der Waals surface area contributed by atoms with E-state index in [1.807, 2.05) is 18.7 Å². The largest absolute Gasteiger partial charge is 0.436 e. The molecule has 2 heterocycles. The molecule has 5 nitrogen and oxygen atoms in total. The zero-order valence-corrected chi connectivity index (χ0v) is 11.3. The van der Waals surface area contributed by atoms with Gasteiger partial charge < -0.3 is 14.6 Å². The Morgan fingerprint density at radius 1 is 1.44 bits per heavy atom. The third-order valence-electron chi connectivity index (χ3n) is 3.45. The van der Waals surface area contributed by atoms with Crippen molar-refractivity contribution in [3.05, 3.63) is 17.3 Å². The lowest BCUT2D eigenvalue weighted by Crippen LogP contribution is -2.46. The number of rotatable bonds is 3. The number of carbonyl (C=O) groups excluding carboxylic acids is 1. The number of oxazole rings is 1. The number of nitrogens with one attached hydrogen (secondary N) is 1. The molecule has 1 amide bonds. The van der Waals surface area contributed by atoms with Gasteiger partial charge in [-0.2, -0.15) is 0 Å². The Hall–Kier alpha value is -1.36. The molecule has 18 heavy (non-hydrogen) atoms. The van der Waals surface area contributed by atoms with Gasteiger partial charge in [0.2, 0.25) is 5.76 Å². The standard InChI is InChI=1S/C13H21N3O2/c1-4-16(11-5-7-14-8-6-11)13(17)12-9(2)15-10(3)18-12/h11,14H,4-8H2,1-3H3. The molecular weight excluding hydrogens is 230 g/mol. The highest BCUT2D eigenvalue weighted by Crippen LogP contribution is 2.18. The molecule has 0 radical (unpaired) electrons. The molecule has 0 aliphatic carbocycles. The van der Waals surface area contributed by atoms with Gasteiger partial charge >= 0.3 is 0 Å². The van der Waals surface area contributed by atoms with Crippen molar-refractivity contribution in [3.8, 4) is 0 Å². The van der Waals surface area contributed by atoms with Gasteiger partial charge in [-0.1, -0.05) is 0 Å². The summed E-state index contributed by atoms with van der Waals surface area (Å²) in [4.78, 5) is 18.6. The summed E-state index contributed by atoms with van der Waals surface area (Å²) in [5.41, 5.74) is 0.685. The fourth-order valence-corrected chi connectivity index (χ4v) is 2.55. The van der Waals surface area contributed by atoms with E-state index in [1.165, 1.54) is 0 Å². The number of piperidine rings is 1. The summed E-state index contributed by atoms with van der Waals surface area (Å²) in [5.74, 6) is 0.924. The van der Waals surface area contributed by atoms with Crippen LogP contribution < -0.4 is 5.32 Å². The normalized spacial score (nSPS) is 16.8. The van der Waals surface area contributed by atoms with Crippen LogP contribution in [0.1, 0.15) is 41.9 Å². The summed E-state index contributed by atoms with van der Waals surface area (Å²) >= 11 is 0. The second-order valence-electron chi connectivity index (χ2n) is 4.72. The summed E-state index contributed by atoms with van der Waals surface area (Å²) < 4.78 is 5.43. The van der Waals surface area contributed by atoms with Gasteiger partial charge in [0.05, 0.1) is 5.69 Å². The maximum Gasteiger partial charge on any atom is 0.291 e. The molecule has 5 heteroatoms. The zero-order valence-electron chi connectivity index (χ0n) is 11.3. The van der Waals surface area contributed by atoms with Crippen LogP contribution in [0.2, 0.25) is 0 Å². The van der Waals surface area contributed by atoms with Gasteiger partial charge in [0.15, 0.2) is 5.89 Å². The Morgan fingerprint density at radius 2 is 2.11 bits per heavy atom. The molecule has 1 aromatic rings. The molecule has 0 spiro atoms. The first-order valence-corrected chi connectivity index (χ1v) is 6.59. The van der Waals surface area contributed by atoms with Crippen LogP contribution in [0.15, 0.2) is 4.42 Å². The maximum absolute atomic E-state index is 12.5. The Balaban J connectivity index is 2.16. The van der Waals surface area contributed by atoms with Crippen LogP contribution in [-0.2, 0) is 0 Å². The van der Waals surface area contributed by atoms with E-state index in [0.29, 0.717) is 29.9 Å². The Kier molecular flexibility index (Phi) is 4.01. The third kappa shape index (κ3) is 2.56. The summed E-state index contributed by atoms with van der Waals surface area (Å²) in [6.07, 6.45) is 2.01. The highest BCUT2D eigenvalue weighted by Gasteiger charge is 2.28. The molecule has 1 N–H and O–H groups in total. The number of amides is 1. The molecule has 1 aliphatic heterocycles. The van der Waals surface area contributed by atoms with Gasteiger partial charge in [-0.05, 0) is 39.8 Å². The lowest BCUT2D eigenvalue weighted by Gasteiger charge is -2.33. The van der Waals surface area contributed by atoms with Crippen LogP contribution in [0.5, 0.6) is 0 Å². The lowest BCUT2D eigenvalue weighted by molar-refractivity contribution is 0.0621. The number of nitrogens with zero attached hydrogens (tertiary/aromatic N) is 2. The van der Waals surface area contributed by atoms with E-state index in [4.69, 9.17) is 4.42 Å². The molecule has 1 aliphatic rings. The van der Waals surface area contributed by atoms with Gasteiger partial charge in [-0.3, -0.25) is 4.79 Å². The SMILES string of the molecule is CCN(C(=O)c1oc(C)nc1C)C1CCNCC1. The molecule has 2 rings (SSSR count). The maximum atomic E-state index is 12.5. The van der Waals surface area contributed by atoms with E-state index in [2.05, 4.69) is 10.3 Å². The number of aryl methyl sites for hydroxylation is 2. The average Bonchev–Trinajstić information content (AvgIpc) is 2.70. The first-order valence-electron chi connectivity index (χ1n) is 6.59. The quantitative estimate of drug-likeness (QED) is 0.884. The molecule has 0 bridgehead atoms. The van der Waals surface area contributed by atoms with Crippen LogP contribution in [0, 0.1) is 13.8 Å². The van der Waals surface area contributed by atoms with Crippen LogP contribution in [-0.4, -0.2) is 41.5 Å². The number of aromatic nitrogens is 1. The van der Waals surface area contributed by atoms with E-state index >= 15 is 0 Å². The van der Waals surface area contributed by atoms with Crippen molar-refractivity contribution in [3.63, 3.8) is 0 Å².